The molecule has 194 valence electrons. The molecule has 2 amide bonds. The van der Waals surface area contributed by atoms with Gasteiger partial charge >= 0.3 is 12.0 Å². The number of ether oxygens (including phenoxy) is 1. The Bertz CT molecular complexity index is 1190. The largest absolute Gasteiger partial charge is 0.497 e. The van der Waals surface area contributed by atoms with Gasteiger partial charge in [0, 0.05) is 18.2 Å². The number of ketones is 1. The van der Waals surface area contributed by atoms with Crippen molar-refractivity contribution in [3.63, 3.8) is 0 Å². The molecule has 36 heavy (non-hydrogen) atoms. The molecule has 0 bridgehead atoms. The number of urea groups is 1. The number of carbonyl (C=O) groups excluding carboxylic acids is 2. The summed E-state index contributed by atoms with van der Waals surface area (Å²) in [6.45, 7) is 8.34. The maximum atomic E-state index is 14.8. The van der Waals surface area contributed by atoms with Crippen molar-refractivity contribution < 1.29 is 33.0 Å². The average molecular weight is 519 g/mol. The van der Waals surface area contributed by atoms with Crippen LogP contribution >= 0.6 is 0 Å². The van der Waals surface area contributed by atoms with E-state index in [0.717, 1.165) is 5.56 Å². The first-order chi connectivity index (χ1) is 16.7. The Hall–Kier alpha value is -3.27. The lowest BCUT2D eigenvalue weighted by Crippen LogP contribution is -2.56. The van der Waals surface area contributed by atoms with Gasteiger partial charge in [-0.2, -0.15) is 0 Å². The van der Waals surface area contributed by atoms with Gasteiger partial charge in [-0.05, 0) is 61.2 Å². The normalized spacial score (nSPS) is 15.8. The van der Waals surface area contributed by atoms with Gasteiger partial charge < -0.3 is 20.1 Å². The summed E-state index contributed by atoms with van der Waals surface area (Å²) in [7, 11) is -0.766. The number of carboxylic acids is 1. The van der Waals surface area contributed by atoms with Crippen molar-refractivity contribution in [2.24, 2.45) is 0 Å². The van der Waals surface area contributed by atoms with Crippen LogP contribution in [0, 0.1) is 11.6 Å². The van der Waals surface area contributed by atoms with E-state index in [1.54, 1.807) is 18.2 Å². The van der Waals surface area contributed by atoms with Crippen LogP contribution in [0.5, 0.6) is 5.75 Å². The predicted molar refractivity (Wildman–Crippen MR) is 134 cm³/mol. The fraction of sp³-hybridized carbons (Fsp3) is 0.423. The minimum Gasteiger partial charge on any atom is -0.497 e. The summed E-state index contributed by atoms with van der Waals surface area (Å²) in [5.74, 6) is -2.43. The van der Waals surface area contributed by atoms with Crippen molar-refractivity contribution in [2.75, 3.05) is 13.7 Å². The van der Waals surface area contributed by atoms with Crippen LogP contribution in [0.15, 0.2) is 30.3 Å². The van der Waals surface area contributed by atoms with Crippen molar-refractivity contribution in [1.82, 2.24) is 10.2 Å². The molecule has 1 atom stereocenters. The predicted octanol–water partition coefficient (Wildman–Crippen LogP) is 3.80. The Morgan fingerprint density at radius 3 is 2.28 bits per heavy atom. The lowest BCUT2D eigenvalue weighted by molar-refractivity contribution is -0.143. The summed E-state index contributed by atoms with van der Waals surface area (Å²) in [5.41, 5.74) is -0.0244. The molecule has 0 saturated heterocycles. The van der Waals surface area contributed by atoms with Gasteiger partial charge in [-0.3, -0.25) is 4.79 Å². The molecule has 1 aliphatic rings. The van der Waals surface area contributed by atoms with Crippen LogP contribution in [0.25, 0.3) is 0 Å². The van der Waals surface area contributed by atoms with Crippen LogP contribution in [-0.4, -0.2) is 55.1 Å². The summed E-state index contributed by atoms with van der Waals surface area (Å²) < 4.78 is 34.9. The van der Waals surface area contributed by atoms with E-state index in [2.05, 4.69) is 5.32 Å². The van der Waals surface area contributed by atoms with Crippen LogP contribution in [0.1, 0.15) is 36.6 Å². The number of hydrogen-bond acceptors (Lipinski definition) is 4. The highest BCUT2D eigenvalue weighted by atomic mass is 28.3. The van der Waals surface area contributed by atoms with E-state index in [-0.39, 0.29) is 23.7 Å². The van der Waals surface area contributed by atoms with E-state index < -0.39 is 49.1 Å². The van der Waals surface area contributed by atoms with E-state index in [1.165, 1.54) is 38.0 Å². The van der Waals surface area contributed by atoms with E-state index >= 15 is 0 Å². The standard InChI is InChI=1S/C26H32F2N2O5Si/c1-26(2,24(32)33)29-25(34)30-10-9-16-14-17(35-3)7-8-18(16)22(30)21(31)13-15-11-19(27)23(20(28)12-15)36(4,5)6/h7-8,11-12,14,22H,9-10,13H2,1-6H3,(H,29,34)(H,32,33)/t22-/m1/s1. The smallest absolute Gasteiger partial charge is 0.328 e. The second-order valence-electron chi connectivity index (χ2n) is 10.6. The molecule has 0 spiro atoms. The van der Waals surface area contributed by atoms with Crippen LogP contribution in [0.4, 0.5) is 13.6 Å². The van der Waals surface area contributed by atoms with Crippen LogP contribution in [-0.2, 0) is 22.4 Å². The summed E-state index contributed by atoms with van der Waals surface area (Å²) in [6.07, 6.45) is 0.119. The molecule has 0 radical (unpaired) electrons. The van der Waals surface area contributed by atoms with E-state index in [0.29, 0.717) is 17.7 Å². The number of fused-ring (bicyclic) bond motifs is 1. The molecule has 0 aromatic heterocycles. The molecule has 1 aliphatic heterocycles. The topological polar surface area (TPSA) is 95.9 Å². The number of halogens is 2. The second kappa shape index (κ2) is 10.0. The highest BCUT2D eigenvalue weighted by Gasteiger charge is 2.39. The van der Waals surface area contributed by atoms with Crippen molar-refractivity contribution in [3.8, 4) is 5.75 Å². The number of methoxy groups -OCH3 is 1. The Morgan fingerprint density at radius 2 is 1.75 bits per heavy atom. The second-order valence-corrected chi connectivity index (χ2v) is 15.6. The number of hydrogen-bond donors (Lipinski definition) is 2. The maximum absolute atomic E-state index is 14.8. The molecule has 2 aromatic rings. The lowest BCUT2D eigenvalue weighted by Gasteiger charge is -2.38. The molecule has 2 aromatic carbocycles. The summed E-state index contributed by atoms with van der Waals surface area (Å²) in [5, 5.41) is 12.0. The van der Waals surface area contributed by atoms with Gasteiger partial charge in [-0.1, -0.05) is 25.7 Å². The molecule has 3 rings (SSSR count). The fourth-order valence-electron chi connectivity index (χ4n) is 4.43. The van der Waals surface area contributed by atoms with E-state index in [9.17, 15) is 28.3 Å². The monoisotopic (exact) mass is 518 g/mol. The number of amides is 2. The van der Waals surface area contributed by atoms with Gasteiger partial charge in [-0.15, -0.1) is 0 Å². The first-order valence-electron chi connectivity index (χ1n) is 11.7. The average Bonchev–Trinajstić information content (AvgIpc) is 2.75. The quantitative estimate of drug-likeness (QED) is 0.544. The van der Waals surface area contributed by atoms with Crippen molar-refractivity contribution in [2.45, 2.75) is 57.9 Å². The molecule has 1 heterocycles. The first-order valence-corrected chi connectivity index (χ1v) is 15.2. The third-order valence-corrected chi connectivity index (χ3v) is 8.31. The number of Topliss-reactive ketones (excluding diaryl/α,β-unsaturated/α-hetero) is 1. The molecule has 2 N–H and O–H groups in total. The zero-order chi connectivity index (χ0) is 27.0. The molecular weight excluding hydrogens is 486 g/mol. The van der Waals surface area contributed by atoms with Crippen LogP contribution in [0.3, 0.4) is 0 Å². The molecular formula is C26H32F2N2O5Si. The van der Waals surface area contributed by atoms with Gasteiger partial charge in [0.15, 0.2) is 5.78 Å². The van der Waals surface area contributed by atoms with Crippen molar-refractivity contribution in [1.29, 1.82) is 0 Å². The number of benzene rings is 2. The van der Waals surface area contributed by atoms with Gasteiger partial charge in [0.05, 0.1) is 15.2 Å². The number of nitrogens with one attached hydrogen (secondary N) is 1. The van der Waals surface area contributed by atoms with Gasteiger partial charge in [0.2, 0.25) is 0 Å². The maximum Gasteiger partial charge on any atom is 0.328 e. The Kier molecular flexibility index (Phi) is 7.59. The van der Waals surface area contributed by atoms with Crippen molar-refractivity contribution >= 4 is 31.0 Å². The zero-order valence-electron chi connectivity index (χ0n) is 21.4. The van der Waals surface area contributed by atoms with Crippen molar-refractivity contribution in [3.05, 3.63) is 58.7 Å². The third kappa shape index (κ3) is 5.58. The SMILES string of the molecule is COc1ccc2c(c1)CCN(C(=O)NC(C)(C)C(=O)O)[C@H]2C(=O)Cc1cc(F)c([Si](C)(C)C)c(F)c1. The molecule has 0 fully saturated rings. The molecule has 10 heteroatoms. The molecule has 0 saturated carbocycles. The molecule has 0 aliphatic carbocycles. The molecule has 0 unspecified atom stereocenters. The number of carbonyl (C=O) groups is 3. The highest BCUT2D eigenvalue weighted by Crippen LogP contribution is 2.34. The van der Waals surface area contributed by atoms with Gasteiger partial charge in [0.1, 0.15) is 29.0 Å². The summed E-state index contributed by atoms with van der Waals surface area (Å²) >= 11 is 0. The molecule has 7 nitrogen and oxygen atoms in total. The number of aliphatic carboxylic acids is 1. The number of rotatable bonds is 7. The number of carboxylic acid groups (broad SMARTS) is 1. The zero-order valence-corrected chi connectivity index (χ0v) is 22.4. The fourth-order valence-corrected chi connectivity index (χ4v) is 6.01. The van der Waals surface area contributed by atoms with Gasteiger partial charge in [-0.25, -0.2) is 18.4 Å². The minimum atomic E-state index is -2.29. The van der Waals surface area contributed by atoms with E-state index in [4.69, 9.17) is 4.74 Å². The van der Waals surface area contributed by atoms with E-state index in [1.807, 2.05) is 19.6 Å². The summed E-state index contributed by atoms with van der Waals surface area (Å²) in [6, 6.07) is 5.74. The summed E-state index contributed by atoms with van der Waals surface area (Å²) in [4.78, 5) is 39.6. The minimum absolute atomic E-state index is 0.0747. The first kappa shape index (κ1) is 27.3. The Balaban J connectivity index is 2.00. The Labute approximate surface area is 210 Å². The lowest BCUT2D eigenvalue weighted by atomic mass is 9.88. The van der Waals surface area contributed by atoms with Gasteiger partial charge in [0.25, 0.3) is 0 Å². The van der Waals surface area contributed by atoms with Crippen LogP contribution in [0.2, 0.25) is 19.6 Å². The number of nitrogens with zero attached hydrogens (tertiary/aromatic N) is 1. The third-order valence-electron chi connectivity index (χ3n) is 6.33. The highest BCUT2D eigenvalue weighted by molar-refractivity contribution is 6.88. The Morgan fingerprint density at radius 1 is 1.14 bits per heavy atom. The van der Waals surface area contributed by atoms with Crippen LogP contribution < -0.4 is 15.2 Å².